The first kappa shape index (κ1) is 50.6. The predicted octanol–water partition coefficient (Wildman–Crippen LogP) is 13.7. The minimum Gasteiger partial charge on any atom is -0.462 e. The van der Waals surface area contributed by atoms with E-state index in [9.17, 15) is 14.4 Å². The zero-order valence-corrected chi connectivity index (χ0v) is 34.7. The van der Waals surface area contributed by atoms with Crippen molar-refractivity contribution >= 4 is 17.9 Å². The molecular formula is C48H78O6. The number of allylic oxidation sites excluding steroid dienone is 14. The minimum absolute atomic E-state index is 0.109. The fourth-order valence-corrected chi connectivity index (χ4v) is 5.35. The van der Waals surface area contributed by atoms with E-state index in [4.69, 9.17) is 14.2 Å². The Hall–Kier alpha value is -3.41. The molecule has 0 aromatic rings. The van der Waals surface area contributed by atoms with Crippen molar-refractivity contribution in [2.75, 3.05) is 13.2 Å². The first-order valence-electron chi connectivity index (χ1n) is 21.6. The highest BCUT2D eigenvalue weighted by Crippen LogP contribution is 2.11. The Morgan fingerprint density at radius 1 is 0.407 bits per heavy atom. The molecule has 0 rings (SSSR count). The highest BCUT2D eigenvalue weighted by Gasteiger charge is 2.19. The lowest BCUT2D eigenvalue weighted by atomic mass is 10.1. The largest absolute Gasteiger partial charge is 0.462 e. The van der Waals surface area contributed by atoms with Gasteiger partial charge in [-0.05, 0) is 89.9 Å². The molecule has 0 fully saturated rings. The van der Waals surface area contributed by atoms with Gasteiger partial charge in [0.05, 0.1) is 0 Å². The Balaban J connectivity index is 4.51. The highest BCUT2D eigenvalue weighted by molar-refractivity contribution is 5.71. The predicted molar refractivity (Wildman–Crippen MR) is 228 cm³/mol. The van der Waals surface area contributed by atoms with Gasteiger partial charge in [-0.3, -0.25) is 14.4 Å². The lowest BCUT2D eigenvalue weighted by molar-refractivity contribution is -0.167. The van der Waals surface area contributed by atoms with Gasteiger partial charge in [-0.2, -0.15) is 0 Å². The van der Waals surface area contributed by atoms with Crippen LogP contribution in [0.1, 0.15) is 181 Å². The van der Waals surface area contributed by atoms with Crippen LogP contribution >= 0.6 is 0 Å². The summed E-state index contributed by atoms with van der Waals surface area (Å²) >= 11 is 0. The van der Waals surface area contributed by atoms with Gasteiger partial charge >= 0.3 is 17.9 Å². The summed E-state index contributed by atoms with van der Waals surface area (Å²) in [5.74, 6) is -0.998. The quantitative estimate of drug-likeness (QED) is 0.0207. The Labute approximate surface area is 331 Å². The van der Waals surface area contributed by atoms with Crippen LogP contribution in [-0.2, 0) is 28.6 Å². The monoisotopic (exact) mass is 751 g/mol. The number of rotatable bonds is 37. The van der Waals surface area contributed by atoms with Crippen LogP contribution in [0.15, 0.2) is 85.1 Å². The Morgan fingerprint density at radius 2 is 0.778 bits per heavy atom. The Bertz CT molecular complexity index is 1090. The smallest absolute Gasteiger partial charge is 0.306 e. The van der Waals surface area contributed by atoms with Crippen molar-refractivity contribution in [3.05, 3.63) is 85.1 Å². The summed E-state index contributed by atoms with van der Waals surface area (Å²) in [7, 11) is 0. The van der Waals surface area contributed by atoms with E-state index in [-0.39, 0.29) is 37.5 Å². The molecule has 6 heteroatoms. The normalized spacial score (nSPS) is 12.9. The first-order valence-corrected chi connectivity index (χ1v) is 21.6. The maximum Gasteiger partial charge on any atom is 0.306 e. The first-order chi connectivity index (χ1) is 26.5. The van der Waals surface area contributed by atoms with E-state index in [1.165, 1.54) is 25.7 Å². The Kier molecular flexibility index (Phi) is 39.7. The molecule has 0 aromatic heterocycles. The zero-order chi connectivity index (χ0) is 39.4. The van der Waals surface area contributed by atoms with Crippen LogP contribution in [0.2, 0.25) is 0 Å². The molecule has 6 nitrogen and oxygen atoms in total. The molecule has 0 heterocycles. The van der Waals surface area contributed by atoms with Crippen LogP contribution in [0, 0.1) is 0 Å². The van der Waals surface area contributed by atoms with Crippen molar-refractivity contribution in [2.24, 2.45) is 0 Å². The van der Waals surface area contributed by atoms with Crippen LogP contribution in [0.5, 0.6) is 0 Å². The maximum atomic E-state index is 12.7. The second-order valence-electron chi connectivity index (χ2n) is 13.9. The van der Waals surface area contributed by atoms with Crippen LogP contribution in [-0.4, -0.2) is 37.2 Å². The number of ether oxygens (including phenoxy) is 3. The third kappa shape index (κ3) is 39.8. The van der Waals surface area contributed by atoms with E-state index in [1.807, 2.05) is 0 Å². The molecule has 0 aliphatic carbocycles. The molecule has 306 valence electrons. The van der Waals surface area contributed by atoms with Gasteiger partial charge in [-0.25, -0.2) is 0 Å². The van der Waals surface area contributed by atoms with Crippen molar-refractivity contribution in [3.8, 4) is 0 Å². The molecular weight excluding hydrogens is 673 g/mol. The summed E-state index contributed by atoms with van der Waals surface area (Å²) in [6.45, 7) is 6.31. The molecule has 0 saturated carbocycles. The van der Waals surface area contributed by atoms with Crippen LogP contribution in [0.25, 0.3) is 0 Å². The molecule has 54 heavy (non-hydrogen) atoms. The van der Waals surface area contributed by atoms with E-state index in [0.29, 0.717) is 12.8 Å². The van der Waals surface area contributed by atoms with Gasteiger partial charge in [0.15, 0.2) is 6.10 Å². The number of carbonyl (C=O) groups excluding carboxylic acids is 3. The summed E-state index contributed by atoms with van der Waals surface area (Å²) in [6, 6.07) is 0. The number of unbranched alkanes of at least 4 members (excludes halogenated alkanes) is 14. The molecule has 0 saturated heterocycles. The van der Waals surface area contributed by atoms with E-state index in [1.54, 1.807) is 0 Å². The van der Waals surface area contributed by atoms with Gasteiger partial charge in [-0.1, -0.05) is 157 Å². The maximum absolute atomic E-state index is 12.7. The zero-order valence-electron chi connectivity index (χ0n) is 34.7. The summed E-state index contributed by atoms with van der Waals surface area (Å²) in [5.41, 5.74) is 0. The third-order valence-corrected chi connectivity index (χ3v) is 8.66. The van der Waals surface area contributed by atoms with Crippen molar-refractivity contribution in [1.29, 1.82) is 0 Å². The van der Waals surface area contributed by atoms with Crippen molar-refractivity contribution in [1.82, 2.24) is 0 Å². The molecule has 0 amide bonds. The average molecular weight is 751 g/mol. The standard InChI is InChI=1S/C48H78O6/c1-4-7-10-13-16-19-22-23-24-27-29-32-35-38-41-47(50)53-44-45(54-48(51)42-39-36-33-30-26-21-18-15-12-9-6-3)43-52-46(49)40-37-34-31-28-25-20-17-14-11-8-5-2/h7,10,14-21,23-26,45H,4-6,8-9,11-13,22,27-44H2,1-3H3/b10-7-,17-14-,18-15-,19-16-,24-23-,25-20-,26-21-. The lowest BCUT2D eigenvalue weighted by Gasteiger charge is -2.18. The molecule has 0 aromatic carbocycles. The molecule has 0 spiro atoms. The van der Waals surface area contributed by atoms with Crippen LogP contribution in [0.3, 0.4) is 0 Å². The van der Waals surface area contributed by atoms with Crippen molar-refractivity contribution in [2.45, 2.75) is 187 Å². The summed E-state index contributed by atoms with van der Waals surface area (Å²) in [4.78, 5) is 37.6. The van der Waals surface area contributed by atoms with E-state index in [0.717, 1.165) is 116 Å². The second kappa shape index (κ2) is 42.3. The number of hydrogen-bond donors (Lipinski definition) is 0. The van der Waals surface area contributed by atoms with Gasteiger partial charge < -0.3 is 14.2 Å². The number of esters is 3. The average Bonchev–Trinajstić information content (AvgIpc) is 3.17. The summed E-state index contributed by atoms with van der Waals surface area (Å²) in [5, 5.41) is 0. The van der Waals surface area contributed by atoms with E-state index in [2.05, 4.69) is 106 Å². The molecule has 0 N–H and O–H groups in total. The topological polar surface area (TPSA) is 78.9 Å². The van der Waals surface area contributed by atoms with Gasteiger partial charge in [0.1, 0.15) is 13.2 Å². The van der Waals surface area contributed by atoms with Gasteiger partial charge in [0, 0.05) is 19.3 Å². The van der Waals surface area contributed by atoms with Crippen LogP contribution < -0.4 is 0 Å². The third-order valence-electron chi connectivity index (χ3n) is 8.66. The minimum atomic E-state index is -0.808. The number of carbonyl (C=O) groups is 3. The SMILES string of the molecule is CC/C=C\C/C=C\C/C=C\CCCCCCC(=O)OCC(COC(=O)CCCCC/C=C\C=C/CCCC)OC(=O)CCCCC/C=C\C=C/CCCC. The highest BCUT2D eigenvalue weighted by atomic mass is 16.6. The van der Waals surface area contributed by atoms with E-state index >= 15 is 0 Å². The molecule has 0 aliphatic heterocycles. The summed E-state index contributed by atoms with van der Waals surface area (Å²) in [6.07, 6.45) is 52.8. The molecule has 0 bridgehead atoms. The fraction of sp³-hybridized carbons (Fsp3) is 0.646. The van der Waals surface area contributed by atoms with Crippen molar-refractivity contribution < 1.29 is 28.6 Å². The second-order valence-corrected chi connectivity index (χ2v) is 13.9. The number of hydrogen-bond acceptors (Lipinski definition) is 6. The van der Waals surface area contributed by atoms with Crippen LogP contribution in [0.4, 0.5) is 0 Å². The molecule has 0 aliphatic rings. The van der Waals surface area contributed by atoms with Crippen molar-refractivity contribution in [3.63, 3.8) is 0 Å². The lowest BCUT2D eigenvalue weighted by Crippen LogP contribution is -2.30. The fourth-order valence-electron chi connectivity index (χ4n) is 5.35. The molecule has 1 atom stereocenters. The van der Waals surface area contributed by atoms with Gasteiger partial charge in [-0.15, -0.1) is 0 Å². The van der Waals surface area contributed by atoms with E-state index < -0.39 is 6.10 Å². The molecule has 1 unspecified atom stereocenters. The molecule has 0 radical (unpaired) electrons. The summed E-state index contributed by atoms with van der Waals surface area (Å²) < 4.78 is 16.6. The Morgan fingerprint density at radius 3 is 1.24 bits per heavy atom. The van der Waals surface area contributed by atoms with Gasteiger partial charge in [0.25, 0.3) is 0 Å². The van der Waals surface area contributed by atoms with Gasteiger partial charge in [0.2, 0.25) is 0 Å².